The summed E-state index contributed by atoms with van der Waals surface area (Å²) in [6.07, 6.45) is 1.14. The summed E-state index contributed by atoms with van der Waals surface area (Å²) in [5.41, 5.74) is -0.516. The van der Waals surface area contributed by atoms with E-state index in [1.54, 1.807) is 36.9 Å². The third-order valence-corrected chi connectivity index (χ3v) is 9.35. The molecule has 1 aliphatic carbocycles. The molecule has 9 nitrogen and oxygen atoms in total. The van der Waals surface area contributed by atoms with Gasteiger partial charge in [-0.2, -0.15) is 9.97 Å². The molecule has 6 rings (SSSR count). The standard InChI is InChI=1S/C30H34F2IN5O4/c1-28(41)8-5-9-37(15-28)25-21-12-38(26(40)20-11-19(39)10-18-6-4-7-22(33)24(18)20)13-23(21)34-27(35-25)42-17-29(16-36(2)3)14-30(29,31)32/h4,6-7,10-11,39,41H,5,8-9,12-17H2,1-3H3/t28-,29?/m1/s1. The molecule has 0 radical (unpaired) electrons. The number of anilines is 1. The Kier molecular flexibility index (Phi) is 7.25. The lowest BCUT2D eigenvalue weighted by molar-refractivity contribution is 0.0285. The molecule has 2 atom stereocenters. The number of nitrogens with zero attached hydrogens (tertiary/aromatic N) is 5. The molecule has 1 unspecified atom stereocenters. The number of hydrogen-bond acceptors (Lipinski definition) is 8. The zero-order valence-corrected chi connectivity index (χ0v) is 26.0. The van der Waals surface area contributed by atoms with Crippen LogP contribution in [-0.4, -0.2) is 87.7 Å². The molecular weight excluding hydrogens is 659 g/mol. The summed E-state index contributed by atoms with van der Waals surface area (Å²) in [5.74, 6) is -2.54. The molecule has 1 saturated heterocycles. The van der Waals surface area contributed by atoms with Crippen molar-refractivity contribution in [3.05, 3.63) is 50.7 Å². The fourth-order valence-electron chi connectivity index (χ4n) is 6.35. The number of aliphatic hydroxyl groups is 1. The molecular formula is C30H34F2IN5O4. The molecule has 2 aromatic carbocycles. The number of phenolic OH excluding ortho intramolecular Hbond substituents is 1. The lowest BCUT2D eigenvalue weighted by atomic mass is 9.95. The van der Waals surface area contributed by atoms with Gasteiger partial charge < -0.3 is 29.6 Å². The summed E-state index contributed by atoms with van der Waals surface area (Å²) < 4.78 is 35.6. The lowest BCUT2D eigenvalue weighted by Gasteiger charge is -2.38. The van der Waals surface area contributed by atoms with Gasteiger partial charge in [-0.15, -0.1) is 0 Å². The Morgan fingerprint density at radius 3 is 2.67 bits per heavy atom. The minimum atomic E-state index is -2.83. The highest BCUT2D eigenvalue weighted by Crippen LogP contribution is 2.60. The Bertz CT molecular complexity index is 1570. The van der Waals surface area contributed by atoms with E-state index >= 15 is 0 Å². The first kappa shape index (κ1) is 29.2. The van der Waals surface area contributed by atoms with Crippen molar-refractivity contribution in [1.29, 1.82) is 0 Å². The number of aromatic nitrogens is 2. The molecule has 3 aromatic rings. The smallest absolute Gasteiger partial charge is 0.318 e. The minimum absolute atomic E-state index is 0.000178. The van der Waals surface area contributed by atoms with Gasteiger partial charge >= 0.3 is 6.01 Å². The number of benzene rings is 2. The second kappa shape index (κ2) is 10.4. The normalized spacial score (nSPS) is 24.8. The number of rotatable bonds is 7. The molecule has 224 valence electrons. The Hall–Kier alpha value is -2.84. The van der Waals surface area contributed by atoms with E-state index in [1.807, 2.05) is 23.1 Å². The van der Waals surface area contributed by atoms with Crippen LogP contribution >= 0.6 is 22.6 Å². The molecule has 12 heteroatoms. The molecule has 0 bridgehead atoms. The molecule has 42 heavy (non-hydrogen) atoms. The van der Waals surface area contributed by atoms with Crippen molar-refractivity contribution in [1.82, 2.24) is 19.8 Å². The number of carbonyl (C=O) groups excluding carboxylic acids is 1. The van der Waals surface area contributed by atoms with Crippen LogP contribution in [0.5, 0.6) is 11.8 Å². The fraction of sp³-hybridized carbons (Fsp3) is 0.500. The van der Waals surface area contributed by atoms with Crippen LogP contribution in [-0.2, 0) is 13.1 Å². The van der Waals surface area contributed by atoms with E-state index in [2.05, 4.69) is 32.6 Å². The van der Waals surface area contributed by atoms with Crippen molar-refractivity contribution in [2.75, 3.05) is 45.2 Å². The summed E-state index contributed by atoms with van der Waals surface area (Å²) in [4.78, 5) is 28.6. The molecule has 3 aliphatic rings. The third kappa shape index (κ3) is 5.37. The quantitative estimate of drug-likeness (QED) is 0.351. The van der Waals surface area contributed by atoms with E-state index in [9.17, 15) is 23.8 Å². The molecule has 1 saturated carbocycles. The van der Waals surface area contributed by atoms with E-state index in [-0.39, 0.29) is 50.3 Å². The number of amides is 1. The zero-order chi connectivity index (χ0) is 30.0. The van der Waals surface area contributed by atoms with E-state index in [4.69, 9.17) is 4.74 Å². The molecule has 2 N–H and O–H groups in total. The van der Waals surface area contributed by atoms with Crippen molar-refractivity contribution in [2.24, 2.45) is 5.41 Å². The monoisotopic (exact) mass is 693 g/mol. The minimum Gasteiger partial charge on any atom is -0.508 e. The van der Waals surface area contributed by atoms with Crippen LogP contribution in [0.3, 0.4) is 0 Å². The van der Waals surface area contributed by atoms with E-state index in [0.29, 0.717) is 36.6 Å². The number of hydrogen-bond donors (Lipinski definition) is 2. The highest BCUT2D eigenvalue weighted by atomic mass is 127. The number of aromatic hydroxyl groups is 1. The van der Waals surface area contributed by atoms with Crippen LogP contribution in [0.15, 0.2) is 30.3 Å². The number of β-amino-alcohol motifs (C(OH)–C–C–N with tert-alkyl or cyclic N) is 1. The first-order valence-electron chi connectivity index (χ1n) is 14.0. The average Bonchev–Trinajstić information content (AvgIpc) is 3.21. The van der Waals surface area contributed by atoms with Gasteiger partial charge in [-0.3, -0.25) is 4.79 Å². The largest absolute Gasteiger partial charge is 0.508 e. The predicted octanol–water partition coefficient (Wildman–Crippen LogP) is 4.41. The van der Waals surface area contributed by atoms with Gasteiger partial charge in [-0.05, 0) is 80.0 Å². The average molecular weight is 694 g/mol. The second-order valence-electron chi connectivity index (χ2n) is 12.5. The van der Waals surface area contributed by atoms with Crippen molar-refractivity contribution >= 4 is 45.1 Å². The van der Waals surface area contributed by atoms with Crippen LogP contribution in [0.25, 0.3) is 10.8 Å². The highest BCUT2D eigenvalue weighted by Gasteiger charge is 2.71. The van der Waals surface area contributed by atoms with Crippen LogP contribution < -0.4 is 9.64 Å². The molecule has 1 aromatic heterocycles. The lowest BCUT2D eigenvalue weighted by Crippen LogP contribution is -2.47. The van der Waals surface area contributed by atoms with Crippen molar-refractivity contribution < 1.29 is 28.5 Å². The predicted molar refractivity (Wildman–Crippen MR) is 162 cm³/mol. The van der Waals surface area contributed by atoms with E-state index in [0.717, 1.165) is 26.3 Å². The summed E-state index contributed by atoms with van der Waals surface area (Å²) in [7, 11) is 3.51. The maximum absolute atomic E-state index is 14.4. The van der Waals surface area contributed by atoms with E-state index in [1.165, 1.54) is 6.07 Å². The molecule has 2 fully saturated rings. The number of carbonyl (C=O) groups is 1. The fourth-order valence-corrected chi connectivity index (χ4v) is 7.16. The molecule has 2 aliphatic heterocycles. The zero-order valence-electron chi connectivity index (χ0n) is 23.8. The van der Waals surface area contributed by atoms with Crippen LogP contribution in [0.2, 0.25) is 0 Å². The van der Waals surface area contributed by atoms with Gasteiger partial charge in [0.15, 0.2) is 0 Å². The van der Waals surface area contributed by atoms with Gasteiger partial charge in [0.2, 0.25) is 0 Å². The van der Waals surface area contributed by atoms with Gasteiger partial charge in [0.1, 0.15) is 18.2 Å². The summed E-state index contributed by atoms with van der Waals surface area (Å²) in [6.45, 7) is 3.10. The maximum Gasteiger partial charge on any atom is 0.318 e. The molecule has 3 heterocycles. The third-order valence-electron chi connectivity index (χ3n) is 8.45. The van der Waals surface area contributed by atoms with Crippen LogP contribution in [0.1, 0.15) is 47.8 Å². The first-order chi connectivity index (χ1) is 19.8. The van der Waals surface area contributed by atoms with Gasteiger partial charge in [-0.25, -0.2) is 8.78 Å². The second-order valence-corrected chi connectivity index (χ2v) is 13.6. The number of ether oxygens (including phenoxy) is 1. The number of alkyl halides is 2. The Morgan fingerprint density at radius 2 is 1.98 bits per heavy atom. The number of fused-ring (bicyclic) bond motifs is 2. The van der Waals surface area contributed by atoms with Crippen molar-refractivity contribution in [2.45, 2.75) is 50.8 Å². The number of phenols is 1. The topological polar surface area (TPSA) is 102 Å². The van der Waals surface area contributed by atoms with E-state index < -0.39 is 16.9 Å². The van der Waals surface area contributed by atoms with Gasteiger partial charge in [0, 0.05) is 40.6 Å². The van der Waals surface area contributed by atoms with Gasteiger partial charge in [0.05, 0.1) is 35.4 Å². The van der Waals surface area contributed by atoms with Crippen LogP contribution in [0, 0.1) is 8.99 Å². The van der Waals surface area contributed by atoms with Gasteiger partial charge in [0.25, 0.3) is 11.8 Å². The maximum atomic E-state index is 14.4. The molecule has 0 spiro atoms. The Morgan fingerprint density at radius 1 is 1.21 bits per heavy atom. The SMILES string of the molecule is CN(C)CC1(COc2nc3c(c(N4CCC[C@@](C)(O)C4)n2)CN(C(=O)c2cc(O)cc4cccc(I)c24)C3)CC1(F)F. The number of halogens is 3. The first-order valence-corrected chi connectivity index (χ1v) is 15.1. The summed E-state index contributed by atoms with van der Waals surface area (Å²) >= 11 is 2.19. The Balaban J connectivity index is 1.33. The van der Waals surface area contributed by atoms with Crippen molar-refractivity contribution in [3.63, 3.8) is 0 Å². The van der Waals surface area contributed by atoms with Crippen molar-refractivity contribution in [3.8, 4) is 11.8 Å². The molecule has 1 amide bonds. The Labute approximate surface area is 256 Å². The van der Waals surface area contributed by atoms with Gasteiger partial charge in [-0.1, -0.05) is 12.1 Å². The summed E-state index contributed by atoms with van der Waals surface area (Å²) in [5, 5.41) is 22.7. The number of piperidine rings is 1. The summed E-state index contributed by atoms with van der Waals surface area (Å²) in [6, 6.07) is 8.75. The highest BCUT2D eigenvalue weighted by molar-refractivity contribution is 14.1. The van der Waals surface area contributed by atoms with Crippen LogP contribution in [0.4, 0.5) is 14.6 Å².